The molecule has 11 heteroatoms. The molecular formula is C9H12ClF9Sn. The molecule has 0 aliphatic rings. The molecule has 0 radical (unpaired) electrons. The first kappa shape index (κ1) is 20.5. The van der Waals surface area contributed by atoms with Crippen molar-refractivity contribution in [2.45, 2.75) is 51.1 Å². The summed E-state index contributed by atoms with van der Waals surface area (Å²) in [7, 11) is 5.77. The molecule has 122 valence electrons. The van der Waals surface area contributed by atoms with Crippen LogP contribution in [0.3, 0.4) is 0 Å². The van der Waals surface area contributed by atoms with Crippen LogP contribution in [0.5, 0.6) is 0 Å². The Morgan fingerprint density at radius 1 is 0.550 bits per heavy atom. The fraction of sp³-hybridized carbons (Fsp3) is 1.00. The van der Waals surface area contributed by atoms with Crippen LogP contribution in [0.1, 0.15) is 19.3 Å². The Hall–Kier alpha value is 0.459. The van der Waals surface area contributed by atoms with Crippen LogP contribution in [-0.4, -0.2) is 35.8 Å². The van der Waals surface area contributed by atoms with E-state index in [0.717, 1.165) is 0 Å². The van der Waals surface area contributed by atoms with E-state index in [9.17, 15) is 39.5 Å². The van der Waals surface area contributed by atoms with E-state index in [1.54, 1.807) is 0 Å². The summed E-state index contributed by atoms with van der Waals surface area (Å²) in [4.78, 5) is 0. The van der Waals surface area contributed by atoms with Gasteiger partial charge in [0, 0.05) is 0 Å². The number of halogens is 10. The van der Waals surface area contributed by atoms with Gasteiger partial charge < -0.3 is 0 Å². The van der Waals surface area contributed by atoms with Crippen LogP contribution >= 0.6 is 8.92 Å². The van der Waals surface area contributed by atoms with Gasteiger partial charge in [-0.3, -0.25) is 0 Å². The molecule has 0 saturated carbocycles. The Morgan fingerprint density at radius 2 is 0.750 bits per heavy atom. The minimum atomic E-state index is -4.63. The Labute approximate surface area is 117 Å². The third kappa shape index (κ3) is 12.2. The Morgan fingerprint density at radius 3 is 0.900 bits per heavy atom. The fourth-order valence-electron chi connectivity index (χ4n) is 1.47. The van der Waals surface area contributed by atoms with Crippen molar-refractivity contribution in [2.24, 2.45) is 0 Å². The van der Waals surface area contributed by atoms with E-state index in [2.05, 4.69) is 0 Å². The van der Waals surface area contributed by atoms with Gasteiger partial charge in [0.2, 0.25) is 0 Å². The molecule has 0 aliphatic carbocycles. The van der Waals surface area contributed by atoms with E-state index in [-0.39, 0.29) is 0 Å². The molecule has 0 rings (SSSR count). The first-order valence-corrected chi connectivity index (χ1v) is 15.2. The summed E-state index contributed by atoms with van der Waals surface area (Å²) in [6.07, 6.45) is -18.2. The van der Waals surface area contributed by atoms with E-state index in [1.165, 1.54) is 0 Å². The molecule has 0 aromatic rings. The van der Waals surface area contributed by atoms with Crippen LogP contribution in [-0.2, 0) is 0 Å². The summed E-state index contributed by atoms with van der Waals surface area (Å²) in [6, 6.07) is 0. The van der Waals surface area contributed by atoms with Crippen molar-refractivity contribution in [3.8, 4) is 0 Å². The topological polar surface area (TPSA) is 0 Å². The van der Waals surface area contributed by atoms with Gasteiger partial charge in [-0.05, 0) is 0 Å². The van der Waals surface area contributed by atoms with Gasteiger partial charge in [-0.25, -0.2) is 0 Å². The normalized spacial score (nSPS) is 14.7. The van der Waals surface area contributed by atoms with Gasteiger partial charge in [-0.1, -0.05) is 0 Å². The zero-order valence-electron chi connectivity index (χ0n) is 10.0. The molecule has 20 heavy (non-hydrogen) atoms. The standard InChI is InChI=1S/3C3H4F3.ClH.Sn/c3*1-2-3(4,5)6;;/h3*1-2H2;1H;/q;;;;+1/p-1. The summed E-state index contributed by atoms with van der Waals surface area (Å²) in [5.41, 5.74) is 0. The van der Waals surface area contributed by atoms with Crippen LogP contribution in [0, 0.1) is 0 Å². The van der Waals surface area contributed by atoms with Crippen LogP contribution in [0.2, 0.25) is 13.3 Å². The van der Waals surface area contributed by atoms with Crippen LogP contribution in [0.4, 0.5) is 39.5 Å². The molecule has 0 aromatic carbocycles. The molecular weight excluding hydrogens is 433 g/mol. The molecule has 0 heterocycles. The summed E-state index contributed by atoms with van der Waals surface area (Å²) in [5, 5.41) is 0. The summed E-state index contributed by atoms with van der Waals surface area (Å²) >= 11 is -4.59. The molecule has 0 atom stereocenters. The third-order valence-corrected chi connectivity index (χ3v) is 16.2. The van der Waals surface area contributed by atoms with Crippen LogP contribution in [0.25, 0.3) is 0 Å². The average Bonchev–Trinajstić information content (AvgIpc) is 2.18. The Bertz CT molecular complexity index is 248. The number of alkyl halides is 9. The number of hydrogen-bond acceptors (Lipinski definition) is 0. The van der Waals surface area contributed by atoms with Crippen molar-refractivity contribution in [3.63, 3.8) is 0 Å². The maximum absolute atomic E-state index is 12.1. The van der Waals surface area contributed by atoms with E-state index < -0.39 is 68.4 Å². The summed E-state index contributed by atoms with van der Waals surface area (Å²) in [5.74, 6) is 0. The molecule has 0 amide bonds. The zero-order chi connectivity index (χ0) is 16.2. The average molecular weight is 445 g/mol. The second kappa shape index (κ2) is 7.15. The number of rotatable bonds is 6. The van der Waals surface area contributed by atoms with Crippen LogP contribution < -0.4 is 0 Å². The van der Waals surface area contributed by atoms with Gasteiger partial charge in [0.05, 0.1) is 0 Å². The zero-order valence-corrected chi connectivity index (χ0v) is 13.6. The molecule has 0 nitrogen and oxygen atoms in total. The van der Waals surface area contributed by atoms with Gasteiger partial charge in [-0.15, -0.1) is 0 Å². The van der Waals surface area contributed by atoms with Gasteiger partial charge in [-0.2, -0.15) is 0 Å². The van der Waals surface area contributed by atoms with Gasteiger partial charge >= 0.3 is 117 Å². The second-order valence-electron chi connectivity index (χ2n) is 4.50. The molecule has 0 bridgehead atoms. The minimum absolute atomic E-state index is 0.772. The van der Waals surface area contributed by atoms with Gasteiger partial charge in [0.1, 0.15) is 0 Å². The van der Waals surface area contributed by atoms with E-state index in [1.807, 2.05) is 0 Å². The van der Waals surface area contributed by atoms with Gasteiger partial charge in [0.25, 0.3) is 0 Å². The molecule has 0 spiro atoms. The predicted molar refractivity (Wildman–Crippen MR) is 58.0 cm³/mol. The van der Waals surface area contributed by atoms with Crippen molar-refractivity contribution < 1.29 is 39.5 Å². The molecule has 0 saturated heterocycles. The van der Waals surface area contributed by atoms with E-state index >= 15 is 0 Å². The molecule has 0 aromatic heterocycles. The monoisotopic (exact) mass is 446 g/mol. The SMILES string of the molecule is FC(F)(F)C[CH2][Sn]([Cl])([CH2]CC(F)(F)F)[CH2]CC(F)(F)F. The van der Waals surface area contributed by atoms with Crippen molar-refractivity contribution in [3.05, 3.63) is 0 Å². The third-order valence-electron chi connectivity index (χ3n) is 2.57. The first-order chi connectivity index (χ1) is 8.62. The first-order valence-electron chi connectivity index (χ1n) is 5.51. The van der Waals surface area contributed by atoms with Crippen molar-refractivity contribution in [1.82, 2.24) is 0 Å². The fourth-order valence-corrected chi connectivity index (χ4v) is 11.8. The Balaban J connectivity index is 4.66. The van der Waals surface area contributed by atoms with E-state index in [0.29, 0.717) is 0 Å². The van der Waals surface area contributed by atoms with Crippen molar-refractivity contribution in [1.29, 1.82) is 0 Å². The molecule has 0 fully saturated rings. The van der Waals surface area contributed by atoms with E-state index in [4.69, 9.17) is 8.92 Å². The number of hydrogen-bond donors (Lipinski definition) is 0. The predicted octanol–water partition coefficient (Wildman–Crippen LogP) is 6.03. The summed E-state index contributed by atoms with van der Waals surface area (Å²) < 4.78 is 106. The quantitative estimate of drug-likeness (QED) is 0.346. The van der Waals surface area contributed by atoms with Crippen molar-refractivity contribution >= 4 is 26.2 Å². The molecule has 0 N–H and O–H groups in total. The van der Waals surface area contributed by atoms with Crippen LogP contribution in [0.15, 0.2) is 0 Å². The van der Waals surface area contributed by atoms with Crippen molar-refractivity contribution in [2.75, 3.05) is 0 Å². The Kier molecular flexibility index (Phi) is 7.31. The second-order valence-corrected chi connectivity index (χ2v) is 20.7. The molecule has 0 unspecified atom stereocenters. The molecule has 0 aliphatic heterocycles. The maximum atomic E-state index is 12.1. The summed E-state index contributed by atoms with van der Waals surface area (Å²) in [6.45, 7) is 0. The van der Waals surface area contributed by atoms with Gasteiger partial charge in [0.15, 0.2) is 0 Å².